The summed E-state index contributed by atoms with van der Waals surface area (Å²) in [6, 6.07) is 8.39. The second-order valence-corrected chi connectivity index (χ2v) is 8.34. The number of aryl methyl sites for hydroxylation is 2. The van der Waals surface area contributed by atoms with Gasteiger partial charge in [-0.25, -0.2) is 13.2 Å². The molecular weight excluding hydrogens is 419 g/mol. The Kier molecular flexibility index (Phi) is 6.30. The van der Waals surface area contributed by atoms with Gasteiger partial charge in [0.1, 0.15) is 17.5 Å². The molecule has 0 radical (unpaired) electrons. The van der Waals surface area contributed by atoms with Gasteiger partial charge in [0.15, 0.2) is 0 Å². The molecule has 1 aromatic heterocycles. The third-order valence-corrected chi connectivity index (χ3v) is 6.13. The molecule has 0 saturated heterocycles. The zero-order chi connectivity index (χ0) is 22.7. The minimum Gasteiger partial charge on any atom is -0.355 e. The van der Waals surface area contributed by atoms with Gasteiger partial charge in [0.05, 0.1) is 0 Å². The largest absolute Gasteiger partial charge is 0.355 e. The number of nitrogens with zero attached hydrogens (tertiary/aromatic N) is 2. The number of benzene rings is 2. The highest BCUT2D eigenvalue weighted by atomic mass is 19.1. The van der Waals surface area contributed by atoms with Gasteiger partial charge in [-0.3, -0.25) is 4.79 Å². The lowest BCUT2D eigenvalue weighted by Crippen LogP contribution is -2.40. The van der Waals surface area contributed by atoms with Crippen LogP contribution in [0.15, 0.2) is 40.9 Å². The third kappa shape index (κ3) is 4.54. The summed E-state index contributed by atoms with van der Waals surface area (Å²) in [4.78, 5) is 16.7. The van der Waals surface area contributed by atoms with Gasteiger partial charge in [-0.05, 0) is 55.7 Å². The zero-order valence-electron chi connectivity index (χ0n) is 17.8. The predicted octanol–water partition coefficient (Wildman–Crippen LogP) is 5.02. The van der Waals surface area contributed by atoms with Gasteiger partial charge in [0, 0.05) is 35.9 Å². The fraction of sp³-hybridized carbons (Fsp3) is 0.375. The van der Waals surface area contributed by atoms with Crippen LogP contribution in [-0.2, 0) is 16.6 Å². The lowest BCUT2D eigenvalue weighted by molar-refractivity contribution is -0.121. The zero-order valence-corrected chi connectivity index (χ0v) is 17.8. The monoisotopic (exact) mass is 443 g/mol. The first-order valence-electron chi connectivity index (χ1n) is 10.7. The average Bonchev–Trinajstić information content (AvgIpc) is 3.43. The van der Waals surface area contributed by atoms with Gasteiger partial charge >= 0.3 is 0 Å². The number of nitrogens with one attached hydrogen (secondary N) is 1. The molecule has 0 unspecified atom stereocenters. The second kappa shape index (κ2) is 9.14. The summed E-state index contributed by atoms with van der Waals surface area (Å²) in [5.41, 5.74) is 0.427. The topological polar surface area (TPSA) is 68.0 Å². The van der Waals surface area contributed by atoms with Gasteiger partial charge in [0.25, 0.3) is 0 Å². The second-order valence-electron chi connectivity index (χ2n) is 8.34. The Labute approximate surface area is 184 Å². The minimum atomic E-state index is -0.733. The summed E-state index contributed by atoms with van der Waals surface area (Å²) >= 11 is 0. The van der Waals surface area contributed by atoms with E-state index in [1.807, 2.05) is 0 Å². The van der Waals surface area contributed by atoms with E-state index >= 15 is 0 Å². The molecule has 1 fully saturated rings. The summed E-state index contributed by atoms with van der Waals surface area (Å²) in [7, 11) is 0. The first-order valence-corrected chi connectivity index (χ1v) is 10.7. The number of carbonyl (C=O) groups is 1. The van der Waals surface area contributed by atoms with Crippen LogP contribution < -0.4 is 5.32 Å². The molecule has 3 aromatic rings. The van der Waals surface area contributed by atoms with Crippen molar-refractivity contribution in [2.45, 2.75) is 50.9 Å². The van der Waals surface area contributed by atoms with Crippen LogP contribution >= 0.6 is 0 Å². The molecule has 2 aromatic carbocycles. The van der Waals surface area contributed by atoms with Crippen LogP contribution in [0.1, 0.15) is 49.1 Å². The van der Waals surface area contributed by atoms with Crippen molar-refractivity contribution in [1.29, 1.82) is 0 Å². The van der Waals surface area contributed by atoms with E-state index in [0.717, 1.165) is 12.8 Å². The van der Waals surface area contributed by atoms with E-state index in [9.17, 15) is 18.0 Å². The molecule has 1 N–H and O–H groups in total. The Morgan fingerprint density at radius 3 is 2.50 bits per heavy atom. The molecule has 0 bridgehead atoms. The van der Waals surface area contributed by atoms with Crippen molar-refractivity contribution in [1.82, 2.24) is 15.5 Å². The summed E-state index contributed by atoms with van der Waals surface area (Å²) in [5, 5.41) is 6.73. The SMILES string of the molecule is Cc1cc(-c2noc(CCC(=O)NCC3(c4c(F)cccc4F)CCCC3)n2)ccc1F. The maximum Gasteiger partial charge on any atom is 0.227 e. The van der Waals surface area contributed by atoms with E-state index in [4.69, 9.17) is 4.52 Å². The number of amides is 1. The molecular formula is C24H24F3N3O2. The fourth-order valence-electron chi connectivity index (χ4n) is 4.41. The molecule has 1 aliphatic carbocycles. The molecule has 1 amide bonds. The Balaban J connectivity index is 1.37. The summed E-state index contributed by atoms with van der Waals surface area (Å²) in [6.45, 7) is 1.82. The van der Waals surface area contributed by atoms with E-state index in [1.54, 1.807) is 19.1 Å². The number of aromatic nitrogens is 2. The first-order chi connectivity index (χ1) is 15.4. The van der Waals surface area contributed by atoms with E-state index in [-0.39, 0.29) is 42.6 Å². The lowest BCUT2D eigenvalue weighted by atomic mass is 9.78. The lowest BCUT2D eigenvalue weighted by Gasteiger charge is -2.30. The molecule has 0 aliphatic heterocycles. The Morgan fingerprint density at radius 2 is 1.81 bits per heavy atom. The number of rotatable bonds is 7. The fourth-order valence-corrected chi connectivity index (χ4v) is 4.41. The van der Waals surface area contributed by atoms with Crippen molar-refractivity contribution >= 4 is 5.91 Å². The number of carbonyl (C=O) groups excluding carboxylic acids is 1. The molecule has 0 spiro atoms. The maximum absolute atomic E-state index is 14.4. The van der Waals surface area contributed by atoms with E-state index < -0.39 is 17.0 Å². The number of hydrogen-bond acceptors (Lipinski definition) is 4. The van der Waals surface area contributed by atoms with Gasteiger partial charge < -0.3 is 9.84 Å². The van der Waals surface area contributed by atoms with Crippen molar-refractivity contribution in [3.8, 4) is 11.4 Å². The quantitative estimate of drug-likeness (QED) is 0.557. The van der Waals surface area contributed by atoms with Crippen LogP contribution in [-0.4, -0.2) is 22.6 Å². The van der Waals surface area contributed by atoms with Crippen molar-refractivity contribution in [2.75, 3.05) is 6.54 Å². The average molecular weight is 443 g/mol. The molecule has 1 heterocycles. The standard InChI is InChI=1S/C24H24F3N3O2/c1-15-13-16(7-8-17(15)25)23-29-21(32-30-23)10-9-20(31)28-14-24(11-2-3-12-24)22-18(26)5-4-6-19(22)27/h4-8,13H,2-3,9-12,14H2,1H3,(H,28,31). The van der Waals surface area contributed by atoms with Crippen LogP contribution in [0.4, 0.5) is 13.2 Å². The Bertz CT molecular complexity index is 1100. The highest BCUT2D eigenvalue weighted by Gasteiger charge is 2.40. The van der Waals surface area contributed by atoms with Crippen LogP contribution in [0.5, 0.6) is 0 Å². The highest BCUT2D eigenvalue weighted by Crippen LogP contribution is 2.42. The molecule has 1 saturated carbocycles. The third-order valence-electron chi connectivity index (χ3n) is 6.13. The van der Waals surface area contributed by atoms with Crippen molar-refractivity contribution in [3.63, 3.8) is 0 Å². The van der Waals surface area contributed by atoms with E-state index in [2.05, 4.69) is 15.5 Å². The van der Waals surface area contributed by atoms with Crippen molar-refractivity contribution < 1.29 is 22.5 Å². The smallest absolute Gasteiger partial charge is 0.227 e. The van der Waals surface area contributed by atoms with Crippen molar-refractivity contribution in [2.24, 2.45) is 0 Å². The van der Waals surface area contributed by atoms with Gasteiger partial charge in [0.2, 0.25) is 17.6 Å². The predicted molar refractivity (Wildman–Crippen MR) is 112 cm³/mol. The Hall–Kier alpha value is -3.16. The Morgan fingerprint density at radius 1 is 1.09 bits per heavy atom. The number of hydrogen-bond donors (Lipinski definition) is 1. The normalized spacial score (nSPS) is 15.1. The van der Waals surface area contributed by atoms with Crippen LogP contribution in [0.3, 0.4) is 0 Å². The molecule has 168 valence electrons. The van der Waals surface area contributed by atoms with Crippen molar-refractivity contribution in [3.05, 3.63) is 70.9 Å². The van der Waals surface area contributed by atoms with Gasteiger partial charge in [-0.2, -0.15) is 4.98 Å². The van der Waals surface area contributed by atoms with Crippen LogP contribution in [0.2, 0.25) is 0 Å². The number of halogens is 3. The van der Waals surface area contributed by atoms with Crippen LogP contribution in [0.25, 0.3) is 11.4 Å². The molecule has 32 heavy (non-hydrogen) atoms. The summed E-state index contributed by atoms with van der Waals surface area (Å²) in [6.07, 6.45) is 3.28. The molecule has 5 nitrogen and oxygen atoms in total. The minimum absolute atomic E-state index is 0.0638. The molecule has 0 atom stereocenters. The van der Waals surface area contributed by atoms with Crippen LogP contribution in [0, 0.1) is 24.4 Å². The molecule has 1 aliphatic rings. The van der Waals surface area contributed by atoms with Gasteiger partial charge in [-0.1, -0.05) is 24.1 Å². The molecule has 4 rings (SSSR count). The van der Waals surface area contributed by atoms with E-state index in [0.29, 0.717) is 29.8 Å². The molecule has 8 heteroatoms. The first kappa shape index (κ1) is 22.0. The highest BCUT2D eigenvalue weighted by molar-refractivity contribution is 5.76. The maximum atomic E-state index is 14.4. The summed E-state index contributed by atoms with van der Waals surface area (Å²) in [5.74, 6) is -1.11. The van der Waals surface area contributed by atoms with E-state index in [1.165, 1.54) is 24.3 Å². The summed E-state index contributed by atoms with van der Waals surface area (Å²) < 4.78 is 47.5. The van der Waals surface area contributed by atoms with Gasteiger partial charge in [-0.15, -0.1) is 0 Å².